The van der Waals surface area contributed by atoms with Crippen molar-refractivity contribution in [3.05, 3.63) is 29.6 Å². The van der Waals surface area contributed by atoms with Gasteiger partial charge in [-0.15, -0.1) is 11.3 Å². The highest BCUT2D eigenvalue weighted by atomic mass is 32.1. The van der Waals surface area contributed by atoms with Gasteiger partial charge in [-0.2, -0.15) is 0 Å². The van der Waals surface area contributed by atoms with Crippen LogP contribution in [0.1, 0.15) is 13.8 Å². The van der Waals surface area contributed by atoms with Gasteiger partial charge < -0.3 is 10.1 Å². The minimum atomic E-state index is 0.695. The highest BCUT2D eigenvalue weighted by Gasteiger charge is 2.03. The second-order valence-corrected chi connectivity index (χ2v) is 4.38. The Labute approximate surface area is 105 Å². The molecule has 1 N–H and O–H groups in total. The largest absolute Gasteiger partial charge is 0.494 e. The molecular weight excluding hydrogens is 232 g/mol. The van der Waals surface area contributed by atoms with Crippen LogP contribution in [0, 0.1) is 0 Å². The molecule has 1 aromatic heterocycles. The molecule has 0 radical (unpaired) electrons. The summed E-state index contributed by atoms with van der Waals surface area (Å²) in [6, 6.07) is 8.03. The van der Waals surface area contributed by atoms with Crippen LogP contribution in [0.3, 0.4) is 0 Å². The fraction of sp³-hybridized carbons (Fsp3) is 0.308. The quantitative estimate of drug-likeness (QED) is 0.877. The maximum Gasteiger partial charge on any atom is 0.183 e. The Morgan fingerprint density at radius 3 is 2.65 bits per heavy atom. The fourth-order valence-corrected chi connectivity index (χ4v) is 2.32. The number of anilines is 1. The number of benzene rings is 1. The van der Waals surface area contributed by atoms with Gasteiger partial charge in [0, 0.05) is 17.5 Å². The highest BCUT2D eigenvalue weighted by Crippen LogP contribution is 2.26. The molecule has 0 fully saturated rings. The van der Waals surface area contributed by atoms with E-state index in [1.807, 2.05) is 31.2 Å². The van der Waals surface area contributed by atoms with Crippen LogP contribution in [0.2, 0.25) is 0 Å². The Morgan fingerprint density at radius 1 is 1.24 bits per heavy atom. The molecule has 17 heavy (non-hydrogen) atoms. The lowest BCUT2D eigenvalue weighted by atomic mass is 10.2. The Morgan fingerprint density at radius 2 is 2.00 bits per heavy atom. The molecule has 0 bridgehead atoms. The van der Waals surface area contributed by atoms with Crippen molar-refractivity contribution in [3.63, 3.8) is 0 Å². The number of nitrogens with zero attached hydrogens (tertiary/aromatic N) is 1. The molecule has 0 aliphatic heterocycles. The second-order valence-electron chi connectivity index (χ2n) is 3.53. The van der Waals surface area contributed by atoms with Gasteiger partial charge in [0.15, 0.2) is 5.13 Å². The van der Waals surface area contributed by atoms with Crippen molar-refractivity contribution in [1.29, 1.82) is 0 Å². The molecule has 0 amide bonds. The molecule has 4 heteroatoms. The Balaban J connectivity index is 2.15. The SMILES string of the molecule is CCNc1nc(-c2ccc(OCC)cc2)cs1. The molecule has 90 valence electrons. The molecule has 0 atom stereocenters. The Bertz CT molecular complexity index is 465. The van der Waals surface area contributed by atoms with E-state index in [9.17, 15) is 0 Å². The van der Waals surface area contributed by atoms with Crippen LogP contribution in [-0.4, -0.2) is 18.1 Å². The molecule has 0 aliphatic carbocycles. The lowest BCUT2D eigenvalue weighted by Gasteiger charge is -2.03. The van der Waals surface area contributed by atoms with E-state index in [4.69, 9.17) is 4.74 Å². The Hall–Kier alpha value is -1.55. The van der Waals surface area contributed by atoms with Crippen LogP contribution in [0.15, 0.2) is 29.6 Å². The number of rotatable bonds is 5. The van der Waals surface area contributed by atoms with Crippen molar-refractivity contribution in [1.82, 2.24) is 4.98 Å². The van der Waals surface area contributed by atoms with E-state index in [1.54, 1.807) is 11.3 Å². The number of thiazole rings is 1. The number of hydrogen-bond donors (Lipinski definition) is 1. The average Bonchev–Trinajstić information content (AvgIpc) is 2.80. The van der Waals surface area contributed by atoms with Gasteiger partial charge in [0.1, 0.15) is 5.75 Å². The van der Waals surface area contributed by atoms with Crippen molar-refractivity contribution in [3.8, 4) is 17.0 Å². The van der Waals surface area contributed by atoms with Gasteiger partial charge in [-0.05, 0) is 38.1 Å². The van der Waals surface area contributed by atoms with Crippen LogP contribution in [0.4, 0.5) is 5.13 Å². The van der Waals surface area contributed by atoms with E-state index >= 15 is 0 Å². The van der Waals surface area contributed by atoms with Crippen molar-refractivity contribution < 1.29 is 4.74 Å². The summed E-state index contributed by atoms with van der Waals surface area (Å²) >= 11 is 1.63. The van der Waals surface area contributed by atoms with Gasteiger partial charge in [0.05, 0.1) is 12.3 Å². The molecule has 3 nitrogen and oxygen atoms in total. The first-order valence-corrected chi connectivity index (χ1v) is 6.64. The standard InChI is InChI=1S/C13H16N2OS/c1-3-14-13-15-12(9-17-13)10-5-7-11(8-6-10)16-4-2/h5-9H,3-4H2,1-2H3,(H,14,15). The van der Waals surface area contributed by atoms with Gasteiger partial charge in [-0.1, -0.05) is 0 Å². The summed E-state index contributed by atoms with van der Waals surface area (Å²) in [6.07, 6.45) is 0. The molecule has 0 aliphatic rings. The third kappa shape index (κ3) is 2.97. The minimum Gasteiger partial charge on any atom is -0.494 e. The maximum absolute atomic E-state index is 5.41. The zero-order valence-electron chi connectivity index (χ0n) is 10.1. The highest BCUT2D eigenvalue weighted by molar-refractivity contribution is 7.14. The summed E-state index contributed by atoms with van der Waals surface area (Å²) < 4.78 is 5.41. The first-order valence-electron chi connectivity index (χ1n) is 5.76. The fourth-order valence-electron chi connectivity index (χ4n) is 1.53. The molecule has 0 spiro atoms. The molecular formula is C13H16N2OS. The summed E-state index contributed by atoms with van der Waals surface area (Å²) in [4.78, 5) is 4.51. The van der Waals surface area contributed by atoms with Crippen LogP contribution >= 0.6 is 11.3 Å². The first-order chi connectivity index (χ1) is 8.33. The van der Waals surface area contributed by atoms with Crippen LogP contribution in [0.25, 0.3) is 11.3 Å². The molecule has 2 aromatic rings. The van der Waals surface area contributed by atoms with E-state index in [0.29, 0.717) is 6.61 Å². The predicted molar refractivity (Wildman–Crippen MR) is 72.9 cm³/mol. The number of ether oxygens (including phenoxy) is 1. The summed E-state index contributed by atoms with van der Waals surface area (Å²) in [6.45, 7) is 5.64. The van der Waals surface area contributed by atoms with Crippen molar-refractivity contribution in [2.45, 2.75) is 13.8 Å². The summed E-state index contributed by atoms with van der Waals surface area (Å²) in [5.41, 5.74) is 2.13. The third-order valence-electron chi connectivity index (χ3n) is 2.29. The maximum atomic E-state index is 5.41. The summed E-state index contributed by atoms with van der Waals surface area (Å²) in [5, 5.41) is 6.24. The van der Waals surface area contributed by atoms with Crippen molar-refractivity contribution in [2.24, 2.45) is 0 Å². The minimum absolute atomic E-state index is 0.695. The topological polar surface area (TPSA) is 34.2 Å². The normalized spacial score (nSPS) is 10.2. The second kappa shape index (κ2) is 5.68. The van der Waals surface area contributed by atoms with Crippen molar-refractivity contribution in [2.75, 3.05) is 18.5 Å². The molecule has 1 aromatic carbocycles. The molecule has 0 saturated carbocycles. The summed E-state index contributed by atoms with van der Waals surface area (Å²) in [7, 11) is 0. The van der Waals surface area contributed by atoms with E-state index in [2.05, 4.69) is 22.6 Å². The van der Waals surface area contributed by atoms with Gasteiger partial charge in [-0.25, -0.2) is 4.98 Å². The van der Waals surface area contributed by atoms with Crippen LogP contribution in [-0.2, 0) is 0 Å². The molecule has 0 unspecified atom stereocenters. The zero-order valence-corrected chi connectivity index (χ0v) is 10.9. The molecule has 2 rings (SSSR count). The van der Waals surface area contributed by atoms with Gasteiger partial charge in [0.2, 0.25) is 0 Å². The molecule has 0 saturated heterocycles. The third-order valence-corrected chi connectivity index (χ3v) is 3.09. The van der Waals surface area contributed by atoms with Crippen LogP contribution in [0.5, 0.6) is 5.75 Å². The van der Waals surface area contributed by atoms with E-state index < -0.39 is 0 Å². The van der Waals surface area contributed by atoms with E-state index in [0.717, 1.165) is 28.7 Å². The van der Waals surface area contributed by atoms with Gasteiger partial charge >= 0.3 is 0 Å². The average molecular weight is 248 g/mol. The zero-order chi connectivity index (χ0) is 12.1. The van der Waals surface area contributed by atoms with E-state index in [-0.39, 0.29) is 0 Å². The monoisotopic (exact) mass is 248 g/mol. The lowest BCUT2D eigenvalue weighted by molar-refractivity contribution is 0.340. The predicted octanol–water partition coefficient (Wildman–Crippen LogP) is 3.64. The van der Waals surface area contributed by atoms with E-state index in [1.165, 1.54) is 0 Å². The lowest BCUT2D eigenvalue weighted by Crippen LogP contribution is -1.95. The smallest absolute Gasteiger partial charge is 0.183 e. The number of nitrogens with one attached hydrogen (secondary N) is 1. The summed E-state index contributed by atoms with van der Waals surface area (Å²) in [5.74, 6) is 0.901. The number of aromatic nitrogens is 1. The van der Waals surface area contributed by atoms with Gasteiger partial charge in [-0.3, -0.25) is 0 Å². The van der Waals surface area contributed by atoms with Crippen molar-refractivity contribution >= 4 is 16.5 Å². The first kappa shape index (κ1) is 11.9. The number of hydrogen-bond acceptors (Lipinski definition) is 4. The Kier molecular flexibility index (Phi) is 3.98. The van der Waals surface area contributed by atoms with Gasteiger partial charge in [0.25, 0.3) is 0 Å². The van der Waals surface area contributed by atoms with Crippen LogP contribution < -0.4 is 10.1 Å². The molecule has 1 heterocycles.